The number of alkyl halides is 1. The average Bonchev–Trinajstić information content (AvgIpc) is 2.25. The Morgan fingerprint density at radius 2 is 2.14 bits per heavy atom. The van der Waals surface area contributed by atoms with Crippen molar-refractivity contribution in [1.29, 1.82) is 0 Å². The molecule has 0 aliphatic carbocycles. The molecule has 14 heavy (non-hydrogen) atoms. The smallest absolute Gasteiger partial charge is 0.123 e. The van der Waals surface area contributed by atoms with Crippen LogP contribution >= 0.6 is 27.7 Å². The zero-order chi connectivity index (χ0) is 10.2. The maximum atomic E-state index is 5.68. The Balaban J connectivity index is 2.41. The molecule has 0 radical (unpaired) electrons. The Morgan fingerprint density at radius 3 is 2.86 bits per heavy atom. The van der Waals surface area contributed by atoms with Crippen LogP contribution in [0.15, 0.2) is 24.3 Å². The second-order valence-electron chi connectivity index (χ2n) is 2.79. The van der Waals surface area contributed by atoms with Crippen LogP contribution in [-0.4, -0.2) is 18.1 Å². The summed E-state index contributed by atoms with van der Waals surface area (Å²) in [5.74, 6) is 3.22. The lowest BCUT2D eigenvalue weighted by Gasteiger charge is -2.08. The van der Waals surface area contributed by atoms with E-state index in [1.165, 1.54) is 5.56 Å². The van der Waals surface area contributed by atoms with Crippen molar-refractivity contribution in [2.45, 2.75) is 12.3 Å². The number of benzene rings is 1. The molecule has 1 aromatic rings. The van der Waals surface area contributed by atoms with E-state index >= 15 is 0 Å². The summed E-state index contributed by atoms with van der Waals surface area (Å²) in [6.45, 7) is 2.96. The van der Waals surface area contributed by atoms with Gasteiger partial charge in [0.25, 0.3) is 0 Å². The minimum Gasteiger partial charge on any atom is -0.492 e. The molecule has 0 amide bonds. The predicted octanol–water partition coefficient (Wildman–Crippen LogP) is 3.71. The Morgan fingerprint density at radius 1 is 1.36 bits per heavy atom. The van der Waals surface area contributed by atoms with E-state index in [4.69, 9.17) is 4.74 Å². The first-order valence-corrected chi connectivity index (χ1v) is 7.00. The zero-order valence-electron chi connectivity index (χ0n) is 8.33. The van der Waals surface area contributed by atoms with Gasteiger partial charge in [0.05, 0.1) is 6.61 Å². The van der Waals surface area contributed by atoms with E-state index in [1.54, 1.807) is 0 Å². The summed E-state index contributed by atoms with van der Waals surface area (Å²) in [5.41, 5.74) is 1.22. The SMILES string of the molecule is CCSCCOc1ccccc1CBr. The normalized spacial score (nSPS) is 10.1. The highest BCUT2D eigenvalue weighted by atomic mass is 79.9. The molecule has 1 nitrogen and oxygen atoms in total. The molecular formula is C11H15BrOS. The summed E-state index contributed by atoms with van der Waals surface area (Å²) < 4.78 is 5.68. The molecular weight excluding hydrogens is 260 g/mol. The van der Waals surface area contributed by atoms with Crippen molar-refractivity contribution in [3.8, 4) is 5.75 Å². The van der Waals surface area contributed by atoms with Gasteiger partial charge in [0.15, 0.2) is 0 Å². The third-order valence-electron chi connectivity index (χ3n) is 1.81. The van der Waals surface area contributed by atoms with E-state index in [9.17, 15) is 0 Å². The number of ether oxygens (including phenoxy) is 1. The van der Waals surface area contributed by atoms with Gasteiger partial charge in [-0.15, -0.1) is 0 Å². The number of hydrogen-bond acceptors (Lipinski definition) is 2. The van der Waals surface area contributed by atoms with E-state index < -0.39 is 0 Å². The third-order valence-corrected chi connectivity index (χ3v) is 3.27. The van der Waals surface area contributed by atoms with Crippen LogP contribution in [0.2, 0.25) is 0 Å². The summed E-state index contributed by atoms with van der Waals surface area (Å²) in [4.78, 5) is 0. The minimum atomic E-state index is 0.794. The molecule has 0 spiro atoms. The summed E-state index contributed by atoms with van der Waals surface area (Å²) >= 11 is 5.35. The Kier molecular flexibility index (Phi) is 6.12. The van der Waals surface area contributed by atoms with E-state index in [2.05, 4.69) is 28.9 Å². The maximum Gasteiger partial charge on any atom is 0.123 e. The summed E-state index contributed by atoms with van der Waals surface area (Å²) in [6, 6.07) is 8.14. The largest absolute Gasteiger partial charge is 0.492 e. The lowest BCUT2D eigenvalue weighted by molar-refractivity contribution is 0.341. The van der Waals surface area contributed by atoms with Crippen LogP contribution in [0, 0.1) is 0 Å². The number of para-hydroxylation sites is 1. The fourth-order valence-corrected chi connectivity index (χ4v) is 2.06. The quantitative estimate of drug-likeness (QED) is 0.578. The van der Waals surface area contributed by atoms with E-state index in [1.807, 2.05) is 30.0 Å². The fourth-order valence-electron chi connectivity index (χ4n) is 1.11. The van der Waals surface area contributed by atoms with Gasteiger partial charge in [-0.05, 0) is 11.8 Å². The monoisotopic (exact) mass is 274 g/mol. The maximum absolute atomic E-state index is 5.68. The lowest BCUT2D eigenvalue weighted by atomic mass is 10.2. The Bertz CT molecular complexity index is 265. The first-order valence-electron chi connectivity index (χ1n) is 4.73. The fraction of sp³-hybridized carbons (Fsp3) is 0.455. The molecule has 0 fully saturated rings. The summed E-state index contributed by atoms with van der Waals surface area (Å²) in [5, 5.41) is 0.851. The van der Waals surface area contributed by atoms with Crippen LogP contribution in [-0.2, 0) is 5.33 Å². The summed E-state index contributed by atoms with van der Waals surface area (Å²) in [7, 11) is 0. The molecule has 0 N–H and O–H groups in total. The van der Waals surface area contributed by atoms with Crippen molar-refractivity contribution in [2.24, 2.45) is 0 Å². The highest BCUT2D eigenvalue weighted by Crippen LogP contribution is 2.20. The van der Waals surface area contributed by atoms with Crippen molar-refractivity contribution in [1.82, 2.24) is 0 Å². The van der Waals surface area contributed by atoms with Gasteiger partial charge in [0.2, 0.25) is 0 Å². The molecule has 0 aromatic heterocycles. The van der Waals surface area contributed by atoms with Gasteiger partial charge < -0.3 is 4.74 Å². The van der Waals surface area contributed by atoms with Gasteiger partial charge in [0, 0.05) is 16.6 Å². The molecule has 0 aliphatic heterocycles. The van der Waals surface area contributed by atoms with Gasteiger partial charge in [-0.25, -0.2) is 0 Å². The first kappa shape index (κ1) is 11.9. The van der Waals surface area contributed by atoms with Crippen LogP contribution in [0.5, 0.6) is 5.75 Å². The van der Waals surface area contributed by atoms with Crippen molar-refractivity contribution >= 4 is 27.7 Å². The van der Waals surface area contributed by atoms with Crippen molar-refractivity contribution in [3.63, 3.8) is 0 Å². The third kappa shape index (κ3) is 3.93. The number of thioether (sulfide) groups is 1. The second-order valence-corrected chi connectivity index (χ2v) is 4.74. The number of hydrogen-bond donors (Lipinski definition) is 0. The highest BCUT2D eigenvalue weighted by molar-refractivity contribution is 9.08. The van der Waals surface area contributed by atoms with Crippen LogP contribution < -0.4 is 4.74 Å². The molecule has 0 saturated carbocycles. The summed E-state index contributed by atoms with van der Waals surface area (Å²) in [6.07, 6.45) is 0. The second kappa shape index (κ2) is 7.18. The predicted molar refractivity (Wildman–Crippen MR) is 67.6 cm³/mol. The first-order chi connectivity index (χ1) is 6.88. The van der Waals surface area contributed by atoms with Crippen LogP contribution in [0.25, 0.3) is 0 Å². The Labute approximate surface area is 98.4 Å². The van der Waals surface area contributed by atoms with E-state index in [0.717, 1.165) is 29.2 Å². The van der Waals surface area contributed by atoms with Crippen LogP contribution in [0.4, 0.5) is 0 Å². The lowest BCUT2D eigenvalue weighted by Crippen LogP contribution is -2.01. The van der Waals surface area contributed by atoms with E-state index in [0.29, 0.717) is 0 Å². The molecule has 0 saturated heterocycles. The highest BCUT2D eigenvalue weighted by Gasteiger charge is 1.99. The topological polar surface area (TPSA) is 9.23 Å². The molecule has 0 unspecified atom stereocenters. The molecule has 3 heteroatoms. The van der Waals surface area contributed by atoms with Gasteiger partial charge >= 0.3 is 0 Å². The average molecular weight is 275 g/mol. The van der Waals surface area contributed by atoms with Crippen LogP contribution in [0.3, 0.4) is 0 Å². The number of halogens is 1. The standard InChI is InChI=1S/C11H15BrOS/c1-2-14-8-7-13-11-6-4-3-5-10(11)9-12/h3-6H,2,7-9H2,1H3. The minimum absolute atomic E-state index is 0.794. The molecule has 0 bridgehead atoms. The molecule has 0 atom stereocenters. The van der Waals surface area contributed by atoms with Crippen molar-refractivity contribution in [2.75, 3.05) is 18.1 Å². The van der Waals surface area contributed by atoms with E-state index in [-0.39, 0.29) is 0 Å². The van der Waals surface area contributed by atoms with Gasteiger partial charge in [-0.1, -0.05) is 41.1 Å². The van der Waals surface area contributed by atoms with Gasteiger partial charge in [-0.3, -0.25) is 0 Å². The molecule has 1 aromatic carbocycles. The van der Waals surface area contributed by atoms with Crippen LogP contribution in [0.1, 0.15) is 12.5 Å². The number of rotatable bonds is 6. The van der Waals surface area contributed by atoms with Crippen molar-refractivity contribution < 1.29 is 4.74 Å². The molecule has 1 rings (SSSR count). The zero-order valence-corrected chi connectivity index (χ0v) is 10.7. The molecule has 78 valence electrons. The molecule has 0 aliphatic rings. The molecule has 0 heterocycles. The van der Waals surface area contributed by atoms with Gasteiger partial charge in [-0.2, -0.15) is 11.8 Å². The van der Waals surface area contributed by atoms with Crippen molar-refractivity contribution in [3.05, 3.63) is 29.8 Å². The van der Waals surface area contributed by atoms with Gasteiger partial charge in [0.1, 0.15) is 5.75 Å². The Hall–Kier alpha value is -0.150.